The van der Waals surface area contributed by atoms with Gasteiger partial charge < -0.3 is 10.1 Å². The van der Waals surface area contributed by atoms with Crippen molar-refractivity contribution in [3.05, 3.63) is 46.2 Å². The molecule has 0 aliphatic rings. The molecular formula is C17H23N3O2. The van der Waals surface area contributed by atoms with Crippen LogP contribution < -0.4 is 15.6 Å². The second kappa shape index (κ2) is 7.75. The normalized spacial score (nSPS) is 10.7. The van der Waals surface area contributed by atoms with Crippen LogP contribution in [0.2, 0.25) is 0 Å². The van der Waals surface area contributed by atoms with Crippen molar-refractivity contribution in [2.75, 3.05) is 13.7 Å². The fraction of sp³-hybridized carbons (Fsp3) is 0.412. The lowest BCUT2D eigenvalue weighted by Gasteiger charge is -2.09. The first-order valence-electron chi connectivity index (χ1n) is 7.58. The molecule has 118 valence electrons. The Hall–Kier alpha value is -2.14. The molecule has 0 aliphatic heterocycles. The first-order valence-corrected chi connectivity index (χ1v) is 7.58. The van der Waals surface area contributed by atoms with Gasteiger partial charge in [0.2, 0.25) is 0 Å². The zero-order chi connectivity index (χ0) is 15.9. The molecule has 0 fully saturated rings. The Labute approximate surface area is 130 Å². The molecule has 22 heavy (non-hydrogen) atoms. The standard InChI is InChI=1S/C17H23N3O2/c1-4-5-9-18-12-14-11-16(19-20(2)17(14)21)13-7-6-8-15(10-13)22-3/h6-8,10-11,18H,4-5,9,12H2,1-3H3. The van der Waals surface area contributed by atoms with E-state index < -0.39 is 0 Å². The molecule has 0 saturated carbocycles. The Bertz CT molecular complexity index is 680. The lowest BCUT2D eigenvalue weighted by molar-refractivity contribution is 0.415. The summed E-state index contributed by atoms with van der Waals surface area (Å²) in [6.07, 6.45) is 2.24. The van der Waals surface area contributed by atoms with Crippen LogP contribution in [0.15, 0.2) is 35.1 Å². The van der Waals surface area contributed by atoms with Gasteiger partial charge in [-0.1, -0.05) is 25.5 Å². The molecule has 0 unspecified atom stereocenters. The van der Waals surface area contributed by atoms with Gasteiger partial charge in [-0.15, -0.1) is 0 Å². The topological polar surface area (TPSA) is 56.1 Å². The minimum Gasteiger partial charge on any atom is -0.497 e. The van der Waals surface area contributed by atoms with Crippen LogP contribution in [0.25, 0.3) is 11.3 Å². The summed E-state index contributed by atoms with van der Waals surface area (Å²) in [6.45, 7) is 3.62. The van der Waals surface area contributed by atoms with Crippen LogP contribution in [0.4, 0.5) is 0 Å². The maximum atomic E-state index is 12.2. The third-order valence-corrected chi connectivity index (χ3v) is 3.53. The number of ether oxygens (including phenoxy) is 1. The predicted octanol–water partition coefficient (Wildman–Crippen LogP) is 2.35. The highest BCUT2D eigenvalue weighted by Gasteiger charge is 2.08. The van der Waals surface area contributed by atoms with Crippen molar-refractivity contribution in [3.8, 4) is 17.0 Å². The van der Waals surface area contributed by atoms with E-state index >= 15 is 0 Å². The minimum absolute atomic E-state index is 0.0596. The monoisotopic (exact) mass is 301 g/mol. The van der Waals surface area contributed by atoms with E-state index in [1.807, 2.05) is 30.3 Å². The van der Waals surface area contributed by atoms with E-state index in [0.717, 1.165) is 42.0 Å². The summed E-state index contributed by atoms with van der Waals surface area (Å²) in [6, 6.07) is 9.54. The summed E-state index contributed by atoms with van der Waals surface area (Å²) in [4.78, 5) is 12.2. The van der Waals surface area contributed by atoms with Crippen LogP contribution in [-0.2, 0) is 13.6 Å². The molecule has 0 aliphatic carbocycles. The molecule has 1 heterocycles. The summed E-state index contributed by atoms with van der Waals surface area (Å²) in [5.41, 5.74) is 2.38. The highest BCUT2D eigenvalue weighted by Crippen LogP contribution is 2.21. The van der Waals surface area contributed by atoms with Crippen molar-refractivity contribution in [3.63, 3.8) is 0 Å². The van der Waals surface area contributed by atoms with E-state index in [1.54, 1.807) is 14.2 Å². The van der Waals surface area contributed by atoms with Gasteiger partial charge in [0, 0.05) is 24.7 Å². The van der Waals surface area contributed by atoms with Crippen molar-refractivity contribution in [1.29, 1.82) is 0 Å². The minimum atomic E-state index is -0.0596. The Balaban J connectivity index is 2.28. The van der Waals surface area contributed by atoms with E-state index in [-0.39, 0.29) is 5.56 Å². The zero-order valence-electron chi connectivity index (χ0n) is 13.4. The molecule has 0 saturated heterocycles. The smallest absolute Gasteiger partial charge is 0.271 e. The molecule has 1 N–H and O–H groups in total. The van der Waals surface area contributed by atoms with Crippen molar-refractivity contribution < 1.29 is 4.74 Å². The molecule has 0 spiro atoms. The Kier molecular flexibility index (Phi) is 5.72. The fourth-order valence-corrected chi connectivity index (χ4v) is 2.25. The highest BCUT2D eigenvalue weighted by atomic mass is 16.5. The third-order valence-electron chi connectivity index (χ3n) is 3.53. The van der Waals surface area contributed by atoms with E-state index in [1.165, 1.54) is 4.68 Å². The first kappa shape index (κ1) is 16.2. The van der Waals surface area contributed by atoms with Gasteiger partial charge in [0.25, 0.3) is 5.56 Å². The summed E-state index contributed by atoms with van der Waals surface area (Å²) >= 11 is 0. The molecule has 0 amide bonds. The molecular weight excluding hydrogens is 278 g/mol. The summed E-state index contributed by atoms with van der Waals surface area (Å²) in [5, 5.41) is 7.65. The van der Waals surface area contributed by atoms with E-state index in [2.05, 4.69) is 17.3 Å². The molecule has 1 aromatic carbocycles. The first-order chi connectivity index (χ1) is 10.7. The third kappa shape index (κ3) is 3.95. The van der Waals surface area contributed by atoms with Crippen LogP contribution in [0.1, 0.15) is 25.3 Å². The van der Waals surface area contributed by atoms with Gasteiger partial charge in [-0.3, -0.25) is 4.79 Å². The largest absolute Gasteiger partial charge is 0.497 e. The number of nitrogens with one attached hydrogen (secondary N) is 1. The number of benzene rings is 1. The van der Waals surface area contributed by atoms with Gasteiger partial charge in [0.15, 0.2) is 0 Å². The van der Waals surface area contributed by atoms with Crippen LogP contribution in [0.3, 0.4) is 0 Å². The molecule has 0 bridgehead atoms. The SMILES string of the molecule is CCCCNCc1cc(-c2cccc(OC)c2)nn(C)c1=O. The second-order valence-corrected chi connectivity index (χ2v) is 5.25. The second-order valence-electron chi connectivity index (χ2n) is 5.25. The Morgan fingerprint density at radius 2 is 2.14 bits per heavy atom. The number of methoxy groups -OCH3 is 1. The van der Waals surface area contributed by atoms with Crippen molar-refractivity contribution in [2.45, 2.75) is 26.3 Å². The van der Waals surface area contributed by atoms with Crippen molar-refractivity contribution in [2.24, 2.45) is 7.05 Å². The van der Waals surface area contributed by atoms with Gasteiger partial charge in [0.1, 0.15) is 5.75 Å². The summed E-state index contributed by atoms with van der Waals surface area (Å²) in [7, 11) is 3.32. The van der Waals surface area contributed by atoms with Crippen molar-refractivity contribution in [1.82, 2.24) is 15.1 Å². The van der Waals surface area contributed by atoms with E-state index in [9.17, 15) is 4.79 Å². The number of hydrogen-bond acceptors (Lipinski definition) is 4. The zero-order valence-corrected chi connectivity index (χ0v) is 13.4. The molecule has 2 aromatic rings. The van der Waals surface area contributed by atoms with Crippen LogP contribution in [-0.4, -0.2) is 23.4 Å². The summed E-state index contributed by atoms with van der Waals surface area (Å²) < 4.78 is 6.64. The number of unbranched alkanes of at least 4 members (excludes halogenated alkanes) is 1. The van der Waals surface area contributed by atoms with Crippen LogP contribution >= 0.6 is 0 Å². The summed E-state index contributed by atoms with van der Waals surface area (Å²) in [5.74, 6) is 0.774. The van der Waals surface area contributed by atoms with Gasteiger partial charge in [-0.2, -0.15) is 5.10 Å². The quantitative estimate of drug-likeness (QED) is 0.798. The average Bonchev–Trinajstić information content (AvgIpc) is 2.55. The number of rotatable bonds is 7. The number of hydrogen-bond donors (Lipinski definition) is 1. The maximum absolute atomic E-state index is 12.2. The number of nitrogens with zero attached hydrogens (tertiary/aromatic N) is 2. The van der Waals surface area contributed by atoms with Crippen LogP contribution in [0.5, 0.6) is 5.75 Å². The van der Waals surface area contributed by atoms with Crippen LogP contribution in [0, 0.1) is 0 Å². The van der Waals surface area contributed by atoms with E-state index in [0.29, 0.717) is 6.54 Å². The van der Waals surface area contributed by atoms with Gasteiger partial charge in [0.05, 0.1) is 12.8 Å². The molecule has 5 heteroatoms. The van der Waals surface area contributed by atoms with Gasteiger partial charge in [-0.25, -0.2) is 4.68 Å². The fourth-order valence-electron chi connectivity index (χ4n) is 2.25. The number of aromatic nitrogens is 2. The molecule has 5 nitrogen and oxygen atoms in total. The molecule has 0 radical (unpaired) electrons. The predicted molar refractivity (Wildman–Crippen MR) is 88.1 cm³/mol. The molecule has 1 aromatic heterocycles. The van der Waals surface area contributed by atoms with Gasteiger partial charge in [-0.05, 0) is 31.2 Å². The Morgan fingerprint density at radius 3 is 2.86 bits per heavy atom. The lowest BCUT2D eigenvalue weighted by Crippen LogP contribution is -2.28. The van der Waals surface area contributed by atoms with E-state index in [4.69, 9.17) is 4.74 Å². The Morgan fingerprint density at radius 1 is 1.32 bits per heavy atom. The molecule has 0 atom stereocenters. The highest BCUT2D eigenvalue weighted by molar-refractivity contribution is 5.61. The molecule has 2 rings (SSSR count). The number of aryl methyl sites for hydroxylation is 1. The van der Waals surface area contributed by atoms with Crippen molar-refractivity contribution >= 4 is 0 Å². The maximum Gasteiger partial charge on any atom is 0.271 e. The average molecular weight is 301 g/mol. The lowest BCUT2D eigenvalue weighted by atomic mass is 10.1. The van der Waals surface area contributed by atoms with Gasteiger partial charge >= 0.3 is 0 Å².